The normalized spacial score (nSPS) is 12.2. The molecule has 0 radical (unpaired) electrons. The average Bonchev–Trinajstić information content (AvgIpc) is 2.67. The Morgan fingerprint density at radius 3 is 2.10 bits per heavy atom. The molecule has 0 aromatic heterocycles. The van der Waals surface area contributed by atoms with E-state index in [-0.39, 0.29) is 21.6 Å². The Labute approximate surface area is 167 Å². The highest BCUT2D eigenvalue weighted by Crippen LogP contribution is 2.42. The number of halogens is 3. The number of hydrogen-bond donors (Lipinski definition) is 2. The van der Waals surface area contributed by atoms with E-state index >= 15 is 0 Å². The van der Waals surface area contributed by atoms with Crippen molar-refractivity contribution in [2.24, 2.45) is 5.14 Å². The first-order valence-corrected chi connectivity index (χ1v) is 10.2. The molecule has 3 aromatic rings. The molecule has 0 saturated carbocycles. The number of sulfonamides is 1. The van der Waals surface area contributed by atoms with E-state index in [9.17, 15) is 21.6 Å². The highest BCUT2D eigenvalue weighted by atomic mass is 32.2. The van der Waals surface area contributed by atoms with Crippen molar-refractivity contribution >= 4 is 10.0 Å². The van der Waals surface area contributed by atoms with Gasteiger partial charge in [0.15, 0.2) is 0 Å². The van der Waals surface area contributed by atoms with Crippen molar-refractivity contribution < 1.29 is 21.6 Å². The summed E-state index contributed by atoms with van der Waals surface area (Å²) >= 11 is 0. The molecular weight excluding hydrogens is 401 g/mol. The van der Waals surface area contributed by atoms with Crippen molar-refractivity contribution in [1.29, 1.82) is 0 Å². The lowest BCUT2D eigenvalue weighted by Crippen LogP contribution is -2.14. The molecule has 0 aliphatic carbocycles. The summed E-state index contributed by atoms with van der Waals surface area (Å²) in [5.74, 6) is 0. The summed E-state index contributed by atoms with van der Waals surface area (Å²) in [5.41, 5.74) is 0.846. The highest BCUT2D eigenvalue weighted by Gasteiger charge is 2.34. The van der Waals surface area contributed by atoms with E-state index in [1.165, 1.54) is 36.4 Å². The minimum Gasteiger partial charge on any atom is -0.316 e. The molecule has 0 amide bonds. The van der Waals surface area contributed by atoms with Crippen LogP contribution >= 0.6 is 0 Å². The SMILES string of the molecule is CNCc1ccc(-c2ccccc2C(F)(F)F)c(-c2ccccc2S(N)(=O)=O)c1. The molecule has 0 saturated heterocycles. The second-order valence-corrected chi connectivity index (χ2v) is 8.02. The van der Waals surface area contributed by atoms with Crippen molar-refractivity contribution in [3.8, 4) is 22.3 Å². The Morgan fingerprint density at radius 2 is 1.48 bits per heavy atom. The number of primary sulfonamides is 1. The molecule has 4 nitrogen and oxygen atoms in total. The quantitative estimate of drug-likeness (QED) is 0.642. The van der Waals surface area contributed by atoms with Gasteiger partial charge in [-0.1, -0.05) is 48.5 Å². The highest BCUT2D eigenvalue weighted by molar-refractivity contribution is 7.89. The Hall–Kier alpha value is -2.68. The van der Waals surface area contributed by atoms with E-state index in [0.717, 1.165) is 11.6 Å². The Bertz CT molecular complexity index is 1140. The van der Waals surface area contributed by atoms with Gasteiger partial charge in [0.2, 0.25) is 10.0 Å². The van der Waals surface area contributed by atoms with Gasteiger partial charge >= 0.3 is 6.18 Å². The number of rotatable bonds is 5. The summed E-state index contributed by atoms with van der Waals surface area (Å²) in [7, 11) is -2.34. The first-order chi connectivity index (χ1) is 13.6. The molecule has 0 aliphatic rings. The monoisotopic (exact) mass is 420 g/mol. The van der Waals surface area contributed by atoms with Crippen LogP contribution in [-0.2, 0) is 22.7 Å². The maximum atomic E-state index is 13.6. The lowest BCUT2D eigenvalue weighted by atomic mass is 9.90. The molecule has 29 heavy (non-hydrogen) atoms. The summed E-state index contributed by atoms with van der Waals surface area (Å²) in [6, 6.07) is 16.2. The molecule has 0 bridgehead atoms. The van der Waals surface area contributed by atoms with Crippen molar-refractivity contribution in [2.45, 2.75) is 17.6 Å². The van der Waals surface area contributed by atoms with E-state index in [2.05, 4.69) is 5.32 Å². The third kappa shape index (κ3) is 4.50. The minimum absolute atomic E-state index is 0.0322. The van der Waals surface area contributed by atoms with E-state index in [1.54, 1.807) is 31.3 Å². The van der Waals surface area contributed by atoms with Gasteiger partial charge in [-0.3, -0.25) is 0 Å². The van der Waals surface area contributed by atoms with E-state index < -0.39 is 21.8 Å². The minimum atomic E-state index is -4.56. The smallest absolute Gasteiger partial charge is 0.316 e. The van der Waals surface area contributed by atoms with Crippen molar-refractivity contribution in [2.75, 3.05) is 7.05 Å². The topological polar surface area (TPSA) is 72.2 Å². The summed E-state index contributed by atoms with van der Waals surface area (Å²) < 4.78 is 65.0. The van der Waals surface area contributed by atoms with Crippen LogP contribution in [0.2, 0.25) is 0 Å². The summed E-state index contributed by atoms with van der Waals surface area (Å²) in [6.45, 7) is 0.464. The number of nitrogens with two attached hydrogens (primary N) is 1. The number of benzene rings is 3. The molecule has 0 spiro atoms. The predicted molar refractivity (Wildman–Crippen MR) is 106 cm³/mol. The zero-order valence-corrected chi connectivity index (χ0v) is 16.3. The summed E-state index contributed by atoms with van der Waals surface area (Å²) in [5, 5.41) is 8.34. The molecule has 3 rings (SSSR count). The third-order valence-electron chi connectivity index (χ3n) is 4.47. The van der Waals surface area contributed by atoms with Gasteiger partial charge in [-0.25, -0.2) is 13.6 Å². The zero-order chi connectivity index (χ0) is 21.2. The lowest BCUT2D eigenvalue weighted by Gasteiger charge is -2.18. The first kappa shape index (κ1) is 21.0. The van der Waals surface area contributed by atoms with Crippen LogP contribution in [0.25, 0.3) is 22.3 Å². The summed E-state index contributed by atoms with van der Waals surface area (Å²) in [4.78, 5) is -0.146. The van der Waals surface area contributed by atoms with Crippen LogP contribution in [-0.4, -0.2) is 15.5 Å². The van der Waals surface area contributed by atoms with Crippen LogP contribution < -0.4 is 10.5 Å². The van der Waals surface area contributed by atoms with Gasteiger partial charge in [0.05, 0.1) is 10.5 Å². The maximum Gasteiger partial charge on any atom is 0.417 e. The van der Waals surface area contributed by atoms with Crippen molar-refractivity contribution in [3.05, 3.63) is 77.9 Å². The molecule has 8 heteroatoms. The third-order valence-corrected chi connectivity index (χ3v) is 5.44. The van der Waals surface area contributed by atoms with E-state index in [4.69, 9.17) is 5.14 Å². The number of nitrogens with one attached hydrogen (secondary N) is 1. The van der Waals surface area contributed by atoms with Gasteiger partial charge in [0.1, 0.15) is 0 Å². The summed E-state index contributed by atoms with van der Waals surface area (Å²) in [6.07, 6.45) is -4.56. The Kier molecular flexibility index (Phi) is 5.79. The predicted octanol–water partition coefficient (Wildman–Crippen LogP) is 4.41. The molecule has 0 heterocycles. The standard InChI is InChI=1S/C21H19F3N2O2S/c1-26-13-14-10-11-15(16-6-2-4-8-19(16)21(22,23)24)18(12-14)17-7-3-5-9-20(17)29(25,27)28/h2-12,26H,13H2,1H3,(H2,25,27,28). The van der Waals surface area contributed by atoms with Gasteiger partial charge in [-0.2, -0.15) is 13.2 Å². The fourth-order valence-corrected chi connectivity index (χ4v) is 4.02. The van der Waals surface area contributed by atoms with Gasteiger partial charge in [-0.05, 0) is 47.5 Å². The average molecular weight is 420 g/mol. The molecular formula is C21H19F3N2O2S. The van der Waals surface area contributed by atoms with Gasteiger partial charge in [0.25, 0.3) is 0 Å². The lowest BCUT2D eigenvalue weighted by molar-refractivity contribution is -0.137. The van der Waals surface area contributed by atoms with Crippen molar-refractivity contribution in [3.63, 3.8) is 0 Å². The van der Waals surface area contributed by atoms with Crippen LogP contribution in [0.4, 0.5) is 13.2 Å². The van der Waals surface area contributed by atoms with Gasteiger partial charge < -0.3 is 5.32 Å². The van der Waals surface area contributed by atoms with Crippen LogP contribution in [0.15, 0.2) is 71.6 Å². The first-order valence-electron chi connectivity index (χ1n) is 8.69. The van der Waals surface area contributed by atoms with Crippen LogP contribution in [0, 0.1) is 0 Å². The molecule has 3 N–H and O–H groups in total. The molecule has 0 unspecified atom stereocenters. The molecule has 0 aliphatic heterocycles. The van der Waals surface area contributed by atoms with Crippen LogP contribution in [0.1, 0.15) is 11.1 Å². The fraction of sp³-hybridized carbons (Fsp3) is 0.143. The number of hydrogen-bond acceptors (Lipinski definition) is 3. The van der Waals surface area contributed by atoms with E-state index in [1.807, 2.05) is 0 Å². The zero-order valence-electron chi connectivity index (χ0n) is 15.5. The fourth-order valence-electron chi connectivity index (χ4n) is 3.27. The van der Waals surface area contributed by atoms with Gasteiger partial charge in [0, 0.05) is 12.1 Å². The maximum absolute atomic E-state index is 13.6. The van der Waals surface area contributed by atoms with E-state index in [0.29, 0.717) is 12.1 Å². The Balaban J connectivity index is 2.37. The number of alkyl halides is 3. The second-order valence-electron chi connectivity index (χ2n) is 6.49. The van der Waals surface area contributed by atoms with Crippen molar-refractivity contribution in [1.82, 2.24) is 5.32 Å². The largest absolute Gasteiger partial charge is 0.417 e. The Morgan fingerprint density at radius 1 is 0.862 bits per heavy atom. The van der Waals surface area contributed by atoms with Crippen LogP contribution in [0.5, 0.6) is 0 Å². The molecule has 0 atom stereocenters. The molecule has 3 aromatic carbocycles. The molecule has 0 fully saturated rings. The van der Waals surface area contributed by atoms with Gasteiger partial charge in [-0.15, -0.1) is 0 Å². The van der Waals surface area contributed by atoms with Crippen LogP contribution in [0.3, 0.4) is 0 Å². The molecule has 152 valence electrons. The second kappa shape index (κ2) is 7.98.